The molecule has 152 valence electrons. The molecule has 5 nitrogen and oxygen atoms in total. The number of carbonyl (C=O) groups excluding carboxylic acids is 1. The number of benzene rings is 2. The molecular weight excluding hydrogens is 384 g/mol. The molecule has 1 fully saturated rings. The van der Waals surface area contributed by atoms with Crippen LogP contribution in [0.4, 0.5) is 0 Å². The van der Waals surface area contributed by atoms with E-state index in [9.17, 15) is 4.79 Å². The molecule has 1 amide bonds. The number of hydrogen-bond acceptors (Lipinski definition) is 3. The quantitative estimate of drug-likeness (QED) is 0.679. The van der Waals surface area contributed by atoms with Crippen LogP contribution in [0, 0.1) is 6.92 Å². The highest BCUT2D eigenvalue weighted by atomic mass is 35.5. The number of rotatable bonds is 4. The Labute approximate surface area is 177 Å². The van der Waals surface area contributed by atoms with E-state index in [-0.39, 0.29) is 24.4 Å². The lowest BCUT2D eigenvalue weighted by atomic mass is 9.99. The molecule has 2 N–H and O–H groups in total. The SMILES string of the molecule is Cc1ccccc1-c1nn(-c2ccccc2)cc1C(=O)NC1CCNC(C)C1.Cl. The lowest BCUT2D eigenvalue weighted by Crippen LogP contribution is -2.46. The Morgan fingerprint density at radius 3 is 2.59 bits per heavy atom. The van der Waals surface area contributed by atoms with Crippen LogP contribution >= 0.6 is 12.4 Å². The van der Waals surface area contributed by atoms with Crippen molar-refractivity contribution in [1.29, 1.82) is 0 Å². The van der Waals surface area contributed by atoms with E-state index in [1.807, 2.05) is 67.7 Å². The summed E-state index contributed by atoms with van der Waals surface area (Å²) in [6, 6.07) is 18.6. The van der Waals surface area contributed by atoms with E-state index >= 15 is 0 Å². The van der Waals surface area contributed by atoms with E-state index in [1.165, 1.54) is 0 Å². The normalized spacial score (nSPS) is 18.7. The topological polar surface area (TPSA) is 59.0 Å². The van der Waals surface area contributed by atoms with Crippen molar-refractivity contribution in [3.8, 4) is 16.9 Å². The minimum atomic E-state index is -0.0560. The Kier molecular flexibility index (Phi) is 6.72. The average Bonchev–Trinajstić information content (AvgIpc) is 3.14. The summed E-state index contributed by atoms with van der Waals surface area (Å²) in [6.45, 7) is 5.14. The molecule has 1 aliphatic heterocycles. The van der Waals surface area contributed by atoms with Gasteiger partial charge in [0.05, 0.1) is 11.3 Å². The summed E-state index contributed by atoms with van der Waals surface area (Å²) in [7, 11) is 0. The summed E-state index contributed by atoms with van der Waals surface area (Å²) in [4.78, 5) is 13.2. The van der Waals surface area contributed by atoms with Crippen LogP contribution in [-0.4, -0.2) is 34.3 Å². The minimum Gasteiger partial charge on any atom is -0.349 e. The number of amides is 1. The lowest BCUT2D eigenvalue weighted by molar-refractivity contribution is 0.0926. The maximum Gasteiger partial charge on any atom is 0.255 e. The van der Waals surface area contributed by atoms with E-state index in [2.05, 4.69) is 17.6 Å². The summed E-state index contributed by atoms with van der Waals surface area (Å²) in [5, 5.41) is 11.4. The molecule has 0 bridgehead atoms. The minimum absolute atomic E-state index is 0. The fourth-order valence-corrected chi connectivity index (χ4v) is 3.82. The number of halogens is 1. The summed E-state index contributed by atoms with van der Waals surface area (Å²) in [5.41, 5.74) is 4.36. The maximum atomic E-state index is 13.2. The third kappa shape index (κ3) is 4.69. The fraction of sp³-hybridized carbons (Fsp3) is 0.304. The van der Waals surface area contributed by atoms with E-state index < -0.39 is 0 Å². The van der Waals surface area contributed by atoms with Crippen molar-refractivity contribution in [2.75, 3.05) is 6.54 Å². The Morgan fingerprint density at radius 2 is 1.86 bits per heavy atom. The van der Waals surface area contributed by atoms with Crippen molar-refractivity contribution in [2.24, 2.45) is 0 Å². The van der Waals surface area contributed by atoms with Gasteiger partial charge >= 0.3 is 0 Å². The Hall–Kier alpha value is -2.63. The van der Waals surface area contributed by atoms with Gasteiger partial charge in [-0.15, -0.1) is 12.4 Å². The van der Waals surface area contributed by atoms with Gasteiger partial charge < -0.3 is 10.6 Å². The van der Waals surface area contributed by atoms with Gasteiger partial charge in [0.15, 0.2) is 0 Å². The van der Waals surface area contributed by atoms with Crippen LogP contribution in [0.2, 0.25) is 0 Å². The molecule has 4 rings (SSSR count). The van der Waals surface area contributed by atoms with Crippen LogP contribution in [0.5, 0.6) is 0 Å². The number of aryl methyl sites for hydroxylation is 1. The van der Waals surface area contributed by atoms with Crippen molar-refractivity contribution in [2.45, 2.75) is 38.8 Å². The number of nitrogens with one attached hydrogen (secondary N) is 2. The van der Waals surface area contributed by atoms with E-state index in [0.717, 1.165) is 41.9 Å². The molecule has 29 heavy (non-hydrogen) atoms. The number of carbonyl (C=O) groups is 1. The van der Waals surface area contributed by atoms with Crippen molar-refractivity contribution >= 4 is 18.3 Å². The highest BCUT2D eigenvalue weighted by molar-refractivity contribution is 6.00. The van der Waals surface area contributed by atoms with E-state index in [4.69, 9.17) is 5.10 Å². The molecular formula is C23H27ClN4O. The summed E-state index contributed by atoms with van der Waals surface area (Å²) in [5.74, 6) is -0.0560. The summed E-state index contributed by atoms with van der Waals surface area (Å²) < 4.78 is 1.79. The Morgan fingerprint density at radius 1 is 1.14 bits per heavy atom. The molecule has 0 saturated carbocycles. The first-order chi connectivity index (χ1) is 13.6. The second kappa shape index (κ2) is 9.25. The second-order valence-electron chi connectivity index (χ2n) is 7.54. The third-order valence-electron chi connectivity index (χ3n) is 5.34. The van der Waals surface area contributed by atoms with Gasteiger partial charge in [-0.1, -0.05) is 42.5 Å². The first-order valence-electron chi connectivity index (χ1n) is 9.87. The molecule has 2 atom stereocenters. The van der Waals surface area contributed by atoms with Crippen LogP contribution in [0.1, 0.15) is 35.7 Å². The highest BCUT2D eigenvalue weighted by Crippen LogP contribution is 2.27. The van der Waals surface area contributed by atoms with Gasteiger partial charge in [-0.05, 0) is 50.9 Å². The van der Waals surface area contributed by atoms with Crippen molar-refractivity contribution in [1.82, 2.24) is 20.4 Å². The fourth-order valence-electron chi connectivity index (χ4n) is 3.82. The van der Waals surface area contributed by atoms with Crippen LogP contribution in [0.15, 0.2) is 60.8 Å². The first kappa shape index (κ1) is 21.1. The number of aromatic nitrogens is 2. The standard InChI is InChI=1S/C23H26N4O.ClH/c1-16-8-6-7-11-20(16)22-21(15-27(26-22)19-9-4-3-5-10-19)23(28)25-18-12-13-24-17(2)14-18;/h3-11,15,17-18,24H,12-14H2,1-2H3,(H,25,28);1H. The largest absolute Gasteiger partial charge is 0.349 e. The number of nitrogens with zero attached hydrogens (tertiary/aromatic N) is 2. The van der Waals surface area contributed by atoms with Crippen LogP contribution in [0.25, 0.3) is 16.9 Å². The number of piperidine rings is 1. The molecule has 1 saturated heterocycles. The molecule has 0 radical (unpaired) electrons. The molecule has 2 heterocycles. The van der Waals surface area contributed by atoms with Crippen molar-refractivity contribution in [3.05, 3.63) is 71.9 Å². The second-order valence-corrected chi connectivity index (χ2v) is 7.54. The van der Waals surface area contributed by atoms with Gasteiger partial charge in [0.2, 0.25) is 0 Å². The zero-order chi connectivity index (χ0) is 19.5. The highest BCUT2D eigenvalue weighted by Gasteiger charge is 2.24. The van der Waals surface area contributed by atoms with Crippen molar-refractivity contribution in [3.63, 3.8) is 0 Å². The molecule has 0 aliphatic carbocycles. The molecule has 2 aromatic carbocycles. The molecule has 1 aliphatic rings. The molecule has 6 heteroatoms. The van der Waals surface area contributed by atoms with E-state index in [1.54, 1.807) is 4.68 Å². The zero-order valence-electron chi connectivity index (χ0n) is 16.8. The van der Waals surface area contributed by atoms with Gasteiger partial charge in [-0.25, -0.2) is 4.68 Å². The Balaban J connectivity index is 0.00000240. The predicted molar refractivity (Wildman–Crippen MR) is 119 cm³/mol. The molecule has 0 spiro atoms. The van der Waals surface area contributed by atoms with Crippen molar-refractivity contribution < 1.29 is 4.79 Å². The smallest absolute Gasteiger partial charge is 0.255 e. The zero-order valence-corrected chi connectivity index (χ0v) is 17.6. The van der Waals surface area contributed by atoms with Crippen LogP contribution in [-0.2, 0) is 0 Å². The van der Waals surface area contributed by atoms with Gasteiger partial charge in [0.1, 0.15) is 5.69 Å². The summed E-state index contributed by atoms with van der Waals surface area (Å²) >= 11 is 0. The van der Waals surface area contributed by atoms with Gasteiger partial charge in [-0.2, -0.15) is 5.10 Å². The molecule has 2 unspecified atom stereocenters. The number of hydrogen-bond donors (Lipinski definition) is 2. The predicted octanol–water partition coefficient (Wildman–Crippen LogP) is 4.14. The number of para-hydroxylation sites is 1. The summed E-state index contributed by atoms with van der Waals surface area (Å²) in [6.07, 6.45) is 3.73. The van der Waals surface area contributed by atoms with E-state index in [0.29, 0.717) is 11.6 Å². The van der Waals surface area contributed by atoms with Crippen LogP contribution in [0.3, 0.4) is 0 Å². The van der Waals surface area contributed by atoms with Crippen LogP contribution < -0.4 is 10.6 Å². The average molecular weight is 411 g/mol. The maximum absolute atomic E-state index is 13.2. The molecule has 1 aromatic heterocycles. The van der Waals surface area contributed by atoms with Gasteiger partial charge in [0.25, 0.3) is 5.91 Å². The van der Waals surface area contributed by atoms with Gasteiger partial charge in [0, 0.05) is 23.8 Å². The lowest BCUT2D eigenvalue weighted by Gasteiger charge is -2.28. The first-order valence-corrected chi connectivity index (χ1v) is 9.87. The third-order valence-corrected chi connectivity index (χ3v) is 5.34. The molecule has 3 aromatic rings. The Bertz CT molecular complexity index is 970. The van der Waals surface area contributed by atoms with Gasteiger partial charge in [-0.3, -0.25) is 4.79 Å². The monoisotopic (exact) mass is 410 g/mol.